The molecule has 3 aromatic heterocycles. The van der Waals surface area contributed by atoms with E-state index in [2.05, 4.69) is 30.2 Å². The van der Waals surface area contributed by atoms with Gasteiger partial charge in [0.15, 0.2) is 5.82 Å². The van der Waals surface area contributed by atoms with E-state index in [1.165, 1.54) is 28.8 Å². The monoisotopic (exact) mass is 498 g/mol. The predicted octanol–water partition coefficient (Wildman–Crippen LogP) is 4.28. The van der Waals surface area contributed by atoms with Crippen molar-refractivity contribution in [3.8, 4) is 23.0 Å². The Morgan fingerprint density at radius 2 is 1.81 bits per heavy atom. The molecule has 0 atom stereocenters. The van der Waals surface area contributed by atoms with Crippen molar-refractivity contribution < 1.29 is 27.1 Å². The Labute approximate surface area is 202 Å². The molecule has 4 aromatic rings. The van der Waals surface area contributed by atoms with E-state index >= 15 is 0 Å². The van der Waals surface area contributed by atoms with Gasteiger partial charge in [-0.25, -0.2) is 18.7 Å². The van der Waals surface area contributed by atoms with E-state index in [-0.39, 0.29) is 40.6 Å². The van der Waals surface area contributed by atoms with Crippen LogP contribution in [0.2, 0.25) is 0 Å². The first-order chi connectivity index (χ1) is 17.4. The van der Waals surface area contributed by atoms with E-state index in [9.17, 15) is 22.4 Å². The number of nitrogens with one attached hydrogen (secondary N) is 1. The highest BCUT2D eigenvalue weighted by Crippen LogP contribution is 2.39. The average molecular weight is 498 g/mol. The van der Waals surface area contributed by atoms with E-state index in [0.29, 0.717) is 18.7 Å². The molecule has 1 aliphatic rings. The van der Waals surface area contributed by atoms with E-state index in [1.54, 1.807) is 18.2 Å². The van der Waals surface area contributed by atoms with Crippen molar-refractivity contribution in [2.45, 2.75) is 31.4 Å². The summed E-state index contributed by atoms with van der Waals surface area (Å²) in [4.78, 5) is 20.3. The van der Waals surface area contributed by atoms with Gasteiger partial charge in [-0.2, -0.15) is 8.78 Å². The van der Waals surface area contributed by atoms with Gasteiger partial charge < -0.3 is 10.1 Å². The number of nitrogens with zero attached hydrogens (tertiary/aromatic N) is 5. The second kappa shape index (κ2) is 9.72. The number of benzene rings is 1. The first-order valence-electron chi connectivity index (χ1n) is 10.9. The number of para-hydroxylation sites is 1. The molecule has 8 nitrogen and oxygen atoms in total. The van der Waals surface area contributed by atoms with E-state index < -0.39 is 24.2 Å². The minimum atomic E-state index is -2.99. The normalized spacial score (nSPS) is 17.0. The van der Waals surface area contributed by atoms with Crippen LogP contribution >= 0.6 is 0 Å². The van der Waals surface area contributed by atoms with Crippen LogP contribution in [0.15, 0.2) is 60.9 Å². The predicted molar refractivity (Wildman–Crippen MR) is 119 cm³/mol. The second-order valence-electron chi connectivity index (χ2n) is 8.13. The number of halogens is 4. The first kappa shape index (κ1) is 23.4. The SMILES string of the molecule is O=C(NC1CC(c2nnc(-c3ccc(OC(F)F)cn3)n2-c2ccccc2F)C1)c1ccc(F)cn1. The van der Waals surface area contributed by atoms with Crippen molar-refractivity contribution in [1.29, 1.82) is 0 Å². The lowest BCUT2D eigenvalue weighted by molar-refractivity contribution is -0.0500. The van der Waals surface area contributed by atoms with Gasteiger partial charge in [0.1, 0.15) is 34.6 Å². The Hall–Kier alpha value is -4.35. The number of ether oxygens (including phenoxy) is 1. The summed E-state index contributed by atoms with van der Waals surface area (Å²) in [6.07, 6.45) is 3.11. The maximum absolute atomic E-state index is 14.8. The Morgan fingerprint density at radius 1 is 1.00 bits per heavy atom. The number of carbonyl (C=O) groups excluding carboxylic acids is 1. The summed E-state index contributed by atoms with van der Waals surface area (Å²) in [7, 11) is 0. The van der Waals surface area contributed by atoms with Crippen molar-refractivity contribution in [3.05, 3.63) is 84.1 Å². The molecule has 1 fully saturated rings. The molecular formula is C24H18F4N6O2. The quantitative estimate of drug-likeness (QED) is 0.382. The highest BCUT2D eigenvalue weighted by molar-refractivity contribution is 5.92. The minimum Gasteiger partial charge on any atom is -0.433 e. The van der Waals surface area contributed by atoms with Gasteiger partial charge in [-0.05, 0) is 49.2 Å². The summed E-state index contributed by atoms with van der Waals surface area (Å²) in [6.45, 7) is -2.99. The molecular weight excluding hydrogens is 480 g/mol. The number of aromatic nitrogens is 5. The third-order valence-electron chi connectivity index (χ3n) is 5.77. The number of rotatable bonds is 7. The van der Waals surface area contributed by atoms with Crippen molar-refractivity contribution in [2.75, 3.05) is 0 Å². The Bertz CT molecular complexity index is 1370. The van der Waals surface area contributed by atoms with Gasteiger partial charge >= 0.3 is 6.61 Å². The molecule has 3 heterocycles. The Balaban J connectivity index is 1.39. The molecule has 0 spiro atoms. The third-order valence-corrected chi connectivity index (χ3v) is 5.77. The number of amides is 1. The molecule has 36 heavy (non-hydrogen) atoms. The molecule has 1 amide bonds. The Kier molecular flexibility index (Phi) is 6.32. The molecule has 1 N–H and O–H groups in total. The van der Waals surface area contributed by atoms with Crippen LogP contribution in [0.25, 0.3) is 17.2 Å². The van der Waals surface area contributed by atoms with Crippen LogP contribution in [0.4, 0.5) is 17.6 Å². The number of alkyl halides is 2. The fourth-order valence-electron chi connectivity index (χ4n) is 4.00. The first-order valence-corrected chi connectivity index (χ1v) is 10.9. The van der Waals surface area contributed by atoms with Crippen molar-refractivity contribution in [2.24, 2.45) is 0 Å². The van der Waals surface area contributed by atoms with E-state index in [4.69, 9.17) is 0 Å². The lowest BCUT2D eigenvalue weighted by Crippen LogP contribution is -2.44. The highest BCUT2D eigenvalue weighted by Gasteiger charge is 2.36. The number of hydrogen-bond acceptors (Lipinski definition) is 6. The van der Waals surface area contributed by atoms with E-state index in [1.807, 2.05) is 0 Å². The molecule has 0 bridgehead atoms. The van der Waals surface area contributed by atoms with Crippen LogP contribution in [0.1, 0.15) is 35.1 Å². The number of carbonyl (C=O) groups is 1. The average Bonchev–Trinajstić information content (AvgIpc) is 3.26. The molecule has 1 saturated carbocycles. The number of hydrogen-bond donors (Lipinski definition) is 1. The highest BCUT2D eigenvalue weighted by atomic mass is 19.3. The van der Waals surface area contributed by atoms with Gasteiger partial charge in [0.05, 0.1) is 18.1 Å². The van der Waals surface area contributed by atoms with Crippen LogP contribution in [0.3, 0.4) is 0 Å². The zero-order valence-electron chi connectivity index (χ0n) is 18.5. The molecule has 0 aliphatic heterocycles. The smallest absolute Gasteiger partial charge is 0.387 e. The fourth-order valence-corrected chi connectivity index (χ4v) is 4.00. The summed E-state index contributed by atoms with van der Waals surface area (Å²) in [5.74, 6) is -1.06. The van der Waals surface area contributed by atoms with E-state index in [0.717, 1.165) is 18.5 Å². The standard InChI is InChI=1S/C24H18F4N6O2/c25-14-5-7-19(29-11-14)23(35)31-15-9-13(10-15)21-32-33-22(34(21)20-4-2-1-3-17(20)26)18-8-6-16(12-30-18)36-24(27)28/h1-8,11-13,15,24H,9-10H2,(H,31,35). The molecule has 0 radical (unpaired) electrons. The van der Waals surface area contributed by atoms with Crippen LogP contribution in [0.5, 0.6) is 5.75 Å². The van der Waals surface area contributed by atoms with Crippen molar-refractivity contribution in [3.63, 3.8) is 0 Å². The summed E-state index contributed by atoms with van der Waals surface area (Å²) in [6, 6.07) is 11.1. The van der Waals surface area contributed by atoms with Gasteiger partial charge in [-0.3, -0.25) is 9.36 Å². The van der Waals surface area contributed by atoms with Gasteiger partial charge in [0.25, 0.3) is 5.91 Å². The second-order valence-corrected chi connectivity index (χ2v) is 8.13. The molecule has 5 rings (SSSR count). The fraction of sp³-hybridized carbons (Fsp3) is 0.208. The molecule has 12 heteroatoms. The molecule has 0 saturated heterocycles. The largest absolute Gasteiger partial charge is 0.433 e. The van der Waals surface area contributed by atoms with Gasteiger partial charge in [0.2, 0.25) is 0 Å². The maximum Gasteiger partial charge on any atom is 0.387 e. The minimum absolute atomic E-state index is 0.0991. The maximum atomic E-state index is 14.8. The number of pyridine rings is 2. The topological polar surface area (TPSA) is 94.8 Å². The van der Waals surface area contributed by atoms with Gasteiger partial charge in [-0.1, -0.05) is 12.1 Å². The Morgan fingerprint density at radius 3 is 2.47 bits per heavy atom. The molecule has 0 unspecified atom stereocenters. The van der Waals surface area contributed by atoms with Crippen LogP contribution < -0.4 is 10.1 Å². The summed E-state index contributed by atoms with van der Waals surface area (Å²) >= 11 is 0. The van der Waals surface area contributed by atoms with Crippen LogP contribution in [-0.2, 0) is 0 Å². The summed E-state index contributed by atoms with van der Waals surface area (Å²) in [5.41, 5.74) is 0.581. The summed E-state index contributed by atoms with van der Waals surface area (Å²) in [5, 5.41) is 11.3. The lowest BCUT2D eigenvalue weighted by Gasteiger charge is -2.35. The van der Waals surface area contributed by atoms with Crippen LogP contribution in [0, 0.1) is 11.6 Å². The van der Waals surface area contributed by atoms with Gasteiger partial charge in [-0.15, -0.1) is 10.2 Å². The van der Waals surface area contributed by atoms with Gasteiger partial charge in [0, 0.05) is 12.0 Å². The van der Waals surface area contributed by atoms with Crippen molar-refractivity contribution in [1.82, 2.24) is 30.0 Å². The van der Waals surface area contributed by atoms with Crippen molar-refractivity contribution >= 4 is 5.91 Å². The zero-order valence-corrected chi connectivity index (χ0v) is 18.5. The molecule has 1 aliphatic carbocycles. The van der Waals surface area contributed by atoms with Crippen LogP contribution in [-0.4, -0.2) is 43.3 Å². The zero-order chi connectivity index (χ0) is 25.2. The lowest BCUT2D eigenvalue weighted by atomic mass is 9.79. The summed E-state index contributed by atoms with van der Waals surface area (Å²) < 4.78 is 58.7. The third kappa shape index (κ3) is 4.74. The molecule has 184 valence electrons. The molecule has 1 aromatic carbocycles.